The normalized spacial score (nSPS) is 9.78. The Kier molecular flexibility index (Phi) is 15.6. The molecule has 0 fully saturated rings. The van der Waals surface area contributed by atoms with Gasteiger partial charge in [-0.05, 0) is 24.3 Å². The number of nitrogens with zero attached hydrogens (tertiary/aromatic N) is 1. The topological polar surface area (TPSA) is 231 Å². The van der Waals surface area contributed by atoms with Crippen molar-refractivity contribution in [2.75, 3.05) is 31.7 Å². The van der Waals surface area contributed by atoms with E-state index >= 15 is 0 Å². The second-order valence-electron chi connectivity index (χ2n) is 7.10. The van der Waals surface area contributed by atoms with Crippen molar-refractivity contribution < 1.29 is 59.0 Å². The number of anilines is 1. The monoisotopic (exact) mass is 528 g/mol. The summed E-state index contributed by atoms with van der Waals surface area (Å²) >= 11 is 1.83. The number of carboxylic acid groups (broad SMARTS) is 4. The number of amides is 1. The van der Waals surface area contributed by atoms with Gasteiger partial charge in [0, 0.05) is 18.9 Å². The Hall–Kier alpha value is -3.95. The molecule has 2 aromatic heterocycles. The van der Waals surface area contributed by atoms with Crippen LogP contribution in [0.1, 0.15) is 18.4 Å². The van der Waals surface area contributed by atoms with Gasteiger partial charge in [0.2, 0.25) is 11.7 Å². The summed E-state index contributed by atoms with van der Waals surface area (Å²) < 4.78 is 5.81. The molecule has 0 atom stereocenters. The summed E-state index contributed by atoms with van der Waals surface area (Å²) in [7, 11) is 4.22. The first kappa shape index (κ1) is 32.0. The van der Waals surface area contributed by atoms with Crippen molar-refractivity contribution >= 4 is 53.1 Å². The minimum Gasteiger partial charge on any atom is -0.539 e. The molecule has 6 N–H and O–H groups in total. The van der Waals surface area contributed by atoms with E-state index in [-0.39, 0.29) is 5.91 Å². The molecule has 0 saturated carbocycles. The van der Waals surface area contributed by atoms with Gasteiger partial charge in [-0.15, -0.1) is 11.8 Å². The van der Waals surface area contributed by atoms with Gasteiger partial charge in [-0.3, -0.25) is 10.1 Å². The van der Waals surface area contributed by atoms with Crippen LogP contribution in [-0.4, -0.2) is 71.4 Å². The lowest BCUT2D eigenvalue weighted by atomic mass is 10.3. The zero-order valence-electron chi connectivity index (χ0n) is 19.8. The number of rotatable bonds is 9. The van der Waals surface area contributed by atoms with Crippen LogP contribution < -0.4 is 25.7 Å². The number of aliphatic carboxylic acids is 4. The van der Waals surface area contributed by atoms with E-state index in [9.17, 15) is 4.79 Å². The summed E-state index contributed by atoms with van der Waals surface area (Å²) in [6.07, 6.45) is 1.74. The summed E-state index contributed by atoms with van der Waals surface area (Å²) in [5.74, 6) is -3.38. The molecule has 0 spiro atoms. The predicted octanol–water partition coefficient (Wildman–Crippen LogP) is -3.95. The molecule has 14 nitrogen and oxygen atoms in total. The average molecular weight is 529 g/mol. The Labute approximate surface area is 210 Å². The lowest BCUT2D eigenvalue weighted by Gasteiger charge is -2.06. The first-order chi connectivity index (χ1) is 16.8. The van der Waals surface area contributed by atoms with E-state index in [4.69, 9.17) is 44.0 Å². The molecule has 0 unspecified atom stereocenters. The van der Waals surface area contributed by atoms with Crippen molar-refractivity contribution in [3.63, 3.8) is 0 Å². The van der Waals surface area contributed by atoms with Crippen molar-refractivity contribution in [1.29, 1.82) is 0 Å². The van der Waals surface area contributed by atoms with Crippen molar-refractivity contribution in [1.82, 2.24) is 4.98 Å². The summed E-state index contributed by atoms with van der Waals surface area (Å²) in [4.78, 5) is 52.9. The van der Waals surface area contributed by atoms with Crippen LogP contribution in [-0.2, 0) is 36.3 Å². The van der Waals surface area contributed by atoms with Gasteiger partial charge in [0.05, 0.1) is 26.4 Å². The fourth-order valence-electron chi connectivity index (χ4n) is 2.27. The van der Waals surface area contributed by atoms with Gasteiger partial charge in [-0.1, -0.05) is 0 Å². The number of carbonyl (C=O) groups excluding carboxylic acids is 3. The first-order valence-corrected chi connectivity index (χ1v) is 11.4. The first-order valence-electron chi connectivity index (χ1n) is 10.2. The lowest BCUT2D eigenvalue weighted by molar-refractivity contribution is -0.873. The predicted molar refractivity (Wildman–Crippen MR) is 122 cm³/mol. The summed E-state index contributed by atoms with van der Waals surface area (Å²) in [5, 5.41) is 37.5. The molecule has 1 amide bonds. The second-order valence-corrected chi connectivity index (χ2v) is 8.21. The Bertz CT molecular complexity index is 978. The number of carboxylic acids is 4. The Morgan fingerprint density at radius 3 is 2.11 bits per heavy atom. The highest BCUT2D eigenvalue weighted by atomic mass is 32.2. The van der Waals surface area contributed by atoms with E-state index in [0.29, 0.717) is 0 Å². The van der Waals surface area contributed by atoms with Crippen LogP contribution in [0.15, 0.2) is 34.9 Å². The van der Waals surface area contributed by atoms with Crippen molar-refractivity contribution in [3.05, 3.63) is 42.0 Å². The van der Waals surface area contributed by atoms with Crippen molar-refractivity contribution in [3.8, 4) is 0 Å². The third kappa shape index (κ3) is 15.8. The van der Waals surface area contributed by atoms with Crippen molar-refractivity contribution in [2.45, 2.75) is 19.2 Å². The molecule has 0 aliphatic heterocycles. The standard InChI is InChI=1S/C17H24N4O2S.2C2H2O4/c1-13(22)20-16-5-4-8-18-17(16)19-9-10-24-12-15-7-6-14(23-15)11-21(2)3;2*3-1(4)2(5)6/h4-8H,9-12H2,1-3H3,(H,18,19)(H,20,22);2*(H,3,4)(H,5,6). The number of hydrogen-bond acceptors (Lipinski definition) is 10. The molecule has 36 heavy (non-hydrogen) atoms. The number of aromatic nitrogens is 1. The van der Waals surface area contributed by atoms with E-state index in [1.54, 1.807) is 6.20 Å². The van der Waals surface area contributed by atoms with Gasteiger partial charge in [-0.2, -0.15) is 0 Å². The molecule has 0 saturated heterocycles. The molecular weight excluding hydrogens is 500 g/mol. The molecular formula is C21H28N4O10S. The van der Waals surface area contributed by atoms with Crippen LogP contribution >= 0.6 is 11.8 Å². The Morgan fingerprint density at radius 2 is 1.61 bits per heavy atom. The highest BCUT2D eigenvalue weighted by molar-refractivity contribution is 7.98. The van der Waals surface area contributed by atoms with Crippen LogP contribution in [0, 0.1) is 0 Å². The van der Waals surface area contributed by atoms with E-state index in [1.807, 2.05) is 23.9 Å². The smallest absolute Gasteiger partial charge is 0.351 e. The summed E-state index contributed by atoms with van der Waals surface area (Å²) in [6.45, 7) is 3.30. The van der Waals surface area contributed by atoms with Crippen molar-refractivity contribution in [2.24, 2.45) is 0 Å². The van der Waals surface area contributed by atoms with E-state index < -0.39 is 23.9 Å². The van der Waals surface area contributed by atoms with E-state index in [1.165, 1.54) is 11.8 Å². The molecule has 0 aliphatic rings. The quantitative estimate of drug-likeness (QED) is 0.155. The largest absolute Gasteiger partial charge is 0.539 e. The Morgan fingerprint density at radius 1 is 1.06 bits per heavy atom. The fourth-order valence-corrected chi connectivity index (χ4v) is 3.06. The van der Waals surface area contributed by atoms with Crippen LogP contribution in [0.25, 0.3) is 0 Å². The van der Waals surface area contributed by atoms with E-state index in [2.05, 4.69) is 41.8 Å². The highest BCUT2D eigenvalue weighted by Crippen LogP contribution is 2.15. The maximum absolute atomic E-state index is 11.2. The summed E-state index contributed by atoms with van der Waals surface area (Å²) in [5.41, 5.74) is 0.761. The zero-order chi connectivity index (χ0) is 27.7. The number of quaternary nitrogens is 2. The average Bonchev–Trinajstić information content (AvgIpc) is 3.21. The summed E-state index contributed by atoms with van der Waals surface area (Å²) in [6, 6.07) is 7.80. The Balaban J connectivity index is 0.000000846. The molecule has 2 rings (SSSR count). The number of nitrogens with two attached hydrogens (primary N) is 1. The van der Waals surface area contributed by atoms with Crippen LogP contribution in [0.4, 0.5) is 11.5 Å². The minimum atomic E-state index is -2.07. The third-order valence-electron chi connectivity index (χ3n) is 3.59. The van der Waals surface area contributed by atoms with E-state index in [0.717, 1.165) is 47.6 Å². The van der Waals surface area contributed by atoms with Crippen LogP contribution in [0.5, 0.6) is 0 Å². The molecule has 0 aliphatic carbocycles. The number of hydrogen-bond donors (Lipinski definition) is 5. The number of nitrogens with one attached hydrogen (secondary N) is 2. The van der Waals surface area contributed by atoms with Gasteiger partial charge in [0.25, 0.3) is 0 Å². The minimum absolute atomic E-state index is 0.0831. The second kappa shape index (κ2) is 17.5. The molecule has 0 aromatic carbocycles. The van der Waals surface area contributed by atoms with Gasteiger partial charge in [0.15, 0.2) is 17.7 Å². The SMILES string of the molecule is CC(=O)Nc1cccnc1[NH2+]CCSCc1ccc(C[NH+](C)C)o1.O=C([O-])C(=O)O.O=C([O-])C(=O)O. The maximum atomic E-state index is 11.2. The molecule has 2 heterocycles. The lowest BCUT2D eigenvalue weighted by Crippen LogP contribution is -3.04. The molecule has 0 radical (unpaired) electrons. The van der Waals surface area contributed by atoms with Gasteiger partial charge in [-0.25, -0.2) is 14.6 Å². The van der Waals surface area contributed by atoms with Gasteiger partial charge < -0.3 is 44.6 Å². The van der Waals surface area contributed by atoms with Crippen LogP contribution in [0.3, 0.4) is 0 Å². The third-order valence-corrected chi connectivity index (χ3v) is 4.60. The van der Waals surface area contributed by atoms with Crippen LogP contribution in [0.2, 0.25) is 0 Å². The molecule has 2 aromatic rings. The number of thioether (sulfide) groups is 1. The maximum Gasteiger partial charge on any atom is 0.351 e. The molecule has 198 valence electrons. The molecule has 0 bridgehead atoms. The zero-order valence-corrected chi connectivity index (χ0v) is 20.6. The highest BCUT2D eigenvalue weighted by Gasteiger charge is 2.09. The molecule has 15 heteroatoms. The van der Waals surface area contributed by atoms with Gasteiger partial charge in [0.1, 0.15) is 18.0 Å². The number of carbonyl (C=O) groups is 5. The number of pyridine rings is 1. The fraction of sp³-hybridized carbons (Fsp3) is 0.333. The number of furan rings is 1. The van der Waals surface area contributed by atoms with Gasteiger partial charge >= 0.3 is 11.9 Å².